The molecule has 0 aliphatic heterocycles. The summed E-state index contributed by atoms with van der Waals surface area (Å²) in [6.45, 7) is 4.42. The number of hydrogen-bond donors (Lipinski definition) is 0. The molecule has 1 aromatic heterocycles. The third-order valence-corrected chi connectivity index (χ3v) is 2.53. The van der Waals surface area contributed by atoms with Crippen LogP contribution < -0.4 is 0 Å². The molecule has 1 aromatic rings. The van der Waals surface area contributed by atoms with E-state index in [2.05, 4.69) is 0 Å². The van der Waals surface area contributed by atoms with Crippen LogP contribution in [0.3, 0.4) is 0 Å². The molecule has 1 rings (SSSR count). The molecular weight excluding hydrogens is 234 g/mol. The first-order valence-electron chi connectivity index (χ1n) is 6.13. The number of esters is 1. The summed E-state index contributed by atoms with van der Waals surface area (Å²) in [5, 5.41) is 0. The second-order valence-electron chi connectivity index (χ2n) is 3.79. The van der Waals surface area contributed by atoms with Crippen molar-refractivity contribution in [3.63, 3.8) is 0 Å². The van der Waals surface area contributed by atoms with Gasteiger partial charge in [0.05, 0.1) is 12.9 Å². The Morgan fingerprint density at radius 3 is 2.72 bits per heavy atom. The normalized spacial score (nSPS) is 10.1. The lowest BCUT2D eigenvalue weighted by Crippen LogP contribution is -2.36. The van der Waals surface area contributed by atoms with E-state index in [1.165, 1.54) is 4.90 Å². The molecule has 5 nitrogen and oxygen atoms in total. The summed E-state index contributed by atoms with van der Waals surface area (Å²) >= 11 is 0. The molecule has 0 saturated heterocycles. The number of carbonyl (C=O) groups is 2. The van der Waals surface area contributed by atoms with E-state index in [1.54, 1.807) is 19.3 Å². The van der Waals surface area contributed by atoms with Crippen LogP contribution in [-0.4, -0.2) is 36.5 Å². The van der Waals surface area contributed by atoms with Gasteiger partial charge in [-0.25, -0.2) is 0 Å². The standard InChI is InChI=1S/C13H19NO4/c1-3-14(10-13(16)17-4-2)12(15)8-7-11-6-5-9-18-11/h5-6,9H,3-4,7-8,10H2,1-2H3. The molecule has 0 unspecified atom stereocenters. The molecular formula is C13H19NO4. The summed E-state index contributed by atoms with van der Waals surface area (Å²) in [6.07, 6.45) is 2.46. The molecule has 0 aliphatic rings. The Labute approximate surface area is 107 Å². The van der Waals surface area contributed by atoms with Gasteiger partial charge in [0, 0.05) is 19.4 Å². The van der Waals surface area contributed by atoms with Crippen molar-refractivity contribution in [1.82, 2.24) is 4.90 Å². The average Bonchev–Trinajstić information content (AvgIpc) is 2.86. The largest absolute Gasteiger partial charge is 0.469 e. The Kier molecular flexibility index (Phi) is 5.97. The zero-order chi connectivity index (χ0) is 13.4. The quantitative estimate of drug-likeness (QED) is 0.693. The van der Waals surface area contributed by atoms with Gasteiger partial charge in [-0.15, -0.1) is 0 Å². The highest BCUT2D eigenvalue weighted by atomic mass is 16.5. The van der Waals surface area contributed by atoms with Crippen molar-refractivity contribution in [3.8, 4) is 0 Å². The van der Waals surface area contributed by atoms with Crippen molar-refractivity contribution in [3.05, 3.63) is 24.2 Å². The van der Waals surface area contributed by atoms with E-state index in [9.17, 15) is 9.59 Å². The lowest BCUT2D eigenvalue weighted by atomic mass is 10.2. The van der Waals surface area contributed by atoms with Gasteiger partial charge in [-0.1, -0.05) is 0 Å². The van der Waals surface area contributed by atoms with Crippen LogP contribution in [0.2, 0.25) is 0 Å². The minimum Gasteiger partial charge on any atom is -0.469 e. The fourth-order valence-electron chi connectivity index (χ4n) is 1.58. The highest BCUT2D eigenvalue weighted by Crippen LogP contribution is 2.05. The highest BCUT2D eigenvalue weighted by molar-refractivity contribution is 5.82. The summed E-state index contributed by atoms with van der Waals surface area (Å²) in [7, 11) is 0. The maximum absolute atomic E-state index is 11.9. The van der Waals surface area contributed by atoms with Gasteiger partial charge in [0.2, 0.25) is 5.91 Å². The number of nitrogens with zero attached hydrogens (tertiary/aromatic N) is 1. The van der Waals surface area contributed by atoms with Gasteiger partial charge in [-0.3, -0.25) is 9.59 Å². The van der Waals surface area contributed by atoms with Gasteiger partial charge in [0.1, 0.15) is 12.3 Å². The molecule has 18 heavy (non-hydrogen) atoms. The first-order valence-corrected chi connectivity index (χ1v) is 6.13. The minimum atomic E-state index is -0.370. The van der Waals surface area contributed by atoms with E-state index in [1.807, 2.05) is 13.0 Å². The number of hydrogen-bond acceptors (Lipinski definition) is 4. The van der Waals surface area contributed by atoms with Crippen LogP contribution in [0.5, 0.6) is 0 Å². The van der Waals surface area contributed by atoms with Crippen LogP contribution in [0.1, 0.15) is 26.0 Å². The SMILES string of the molecule is CCOC(=O)CN(CC)C(=O)CCc1ccco1. The van der Waals surface area contributed by atoms with Crippen molar-refractivity contribution in [2.45, 2.75) is 26.7 Å². The van der Waals surface area contributed by atoms with Crippen LogP contribution in [0, 0.1) is 0 Å². The van der Waals surface area contributed by atoms with Crippen molar-refractivity contribution in [2.24, 2.45) is 0 Å². The zero-order valence-corrected chi connectivity index (χ0v) is 10.8. The van der Waals surface area contributed by atoms with Crippen molar-refractivity contribution in [2.75, 3.05) is 19.7 Å². The van der Waals surface area contributed by atoms with Crippen molar-refractivity contribution >= 4 is 11.9 Å². The Bertz CT molecular complexity index is 372. The average molecular weight is 253 g/mol. The predicted molar refractivity (Wildman–Crippen MR) is 65.9 cm³/mol. The van der Waals surface area contributed by atoms with E-state index in [0.717, 1.165) is 5.76 Å². The van der Waals surface area contributed by atoms with E-state index in [-0.39, 0.29) is 18.4 Å². The highest BCUT2D eigenvalue weighted by Gasteiger charge is 2.16. The molecule has 0 saturated carbocycles. The fourth-order valence-corrected chi connectivity index (χ4v) is 1.58. The maximum atomic E-state index is 11.9. The molecule has 0 radical (unpaired) electrons. The third-order valence-electron chi connectivity index (χ3n) is 2.53. The van der Waals surface area contributed by atoms with Gasteiger partial charge in [0.25, 0.3) is 0 Å². The molecule has 0 N–H and O–H groups in total. The number of likely N-dealkylation sites (N-methyl/N-ethyl adjacent to an activating group) is 1. The Morgan fingerprint density at radius 2 is 2.17 bits per heavy atom. The lowest BCUT2D eigenvalue weighted by molar-refractivity contribution is -0.148. The second kappa shape index (κ2) is 7.53. The van der Waals surface area contributed by atoms with Crippen molar-refractivity contribution < 1.29 is 18.7 Å². The third kappa shape index (κ3) is 4.61. The molecule has 1 amide bonds. The van der Waals surface area contributed by atoms with Crippen LogP contribution >= 0.6 is 0 Å². The smallest absolute Gasteiger partial charge is 0.325 e. The van der Waals surface area contributed by atoms with E-state index in [0.29, 0.717) is 26.0 Å². The molecule has 100 valence electrons. The molecule has 5 heteroatoms. The Hall–Kier alpha value is -1.78. The molecule has 0 atom stereocenters. The minimum absolute atomic E-state index is 0.0152. The first kappa shape index (κ1) is 14.3. The van der Waals surface area contributed by atoms with Crippen LogP contribution in [0.15, 0.2) is 22.8 Å². The fraction of sp³-hybridized carbons (Fsp3) is 0.538. The monoisotopic (exact) mass is 253 g/mol. The van der Waals surface area contributed by atoms with Crippen LogP contribution in [-0.2, 0) is 20.7 Å². The molecule has 0 spiro atoms. The zero-order valence-electron chi connectivity index (χ0n) is 10.8. The van der Waals surface area contributed by atoms with Gasteiger partial charge in [-0.2, -0.15) is 0 Å². The van der Waals surface area contributed by atoms with E-state index < -0.39 is 0 Å². The topological polar surface area (TPSA) is 59.8 Å². The van der Waals surface area contributed by atoms with Crippen LogP contribution in [0.4, 0.5) is 0 Å². The number of aryl methyl sites for hydroxylation is 1. The number of rotatable bonds is 7. The number of carbonyl (C=O) groups excluding carboxylic acids is 2. The van der Waals surface area contributed by atoms with Gasteiger partial charge < -0.3 is 14.1 Å². The summed E-state index contributed by atoms with van der Waals surface area (Å²) in [5.74, 6) is 0.336. The Balaban J connectivity index is 2.39. The lowest BCUT2D eigenvalue weighted by Gasteiger charge is -2.19. The predicted octanol–water partition coefficient (Wildman–Crippen LogP) is 1.62. The molecule has 0 aliphatic carbocycles. The van der Waals surface area contributed by atoms with Gasteiger partial charge in [0.15, 0.2) is 0 Å². The second-order valence-corrected chi connectivity index (χ2v) is 3.79. The summed E-state index contributed by atoms with van der Waals surface area (Å²) < 4.78 is 9.98. The van der Waals surface area contributed by atoms with Gasteiger partial charge in [-0.05, 0) is 26.0 Å². The summed E-state index contributed by atoms with van der Waals surface area (Å²) in [5.41, 5.74) is 0. The molecule has 0 fully saturated rings. The van der Waals surface area contributed by atoms with Crippen LogP contribution in [0.25, 0.3) is 0 Å². The Morgan fingerprint density at radius 1 is 1.39 bits per heavy atom. The molecule has 1 heterocycles. The first-order chi connectivity index (χ1) is 8.67. The van der Waals surface area contributed by atoms with E-state index in [4.69, 9.17) is 9.15 Å². The van der Waals surface area contributed by atoms with Gasteiger partial charge >= 0.3 is 5.97 Å². The molecule has 0 bridgehead atoms. The van der Waals surface area contributed by atoms with Crippen molar-refractivity contribution in [1.29, 1.82) is 0 Å². The number of furan rings is 1. The van der Waals surface area contributed by atoms with E-state index >= 15 is 0 Å². The summed E-state index contributed by atoms with van der Waals surface area (Å²) in [4.78, 5) is 24.7. The number of ether oxygens (including phenoxy) is 1. The number of amides is 1. The maximum Gasteiger partial charge on any atom is 0.325 e. The molecule has 0 aromatic carbocycles. The summed E-state index contributed by atoms with van der Waals surface area (Å²) in [6, 6.07) is 3.62.